The zero-order chi connectivity index (χ0) is 25.6. The molecular formula is C38H64N2S. The predicted octanol–water partition coefficient (Wildman–Crippen LogP) is 14.0. The van der Waals surface area contributed by atoms with E-state index < -0.39 is 0 Å². The Bertz CT molecular complexity index is 1120. The van der Waals surface area contributed by atoms with Crippen LogP contribution in [0.5, 0.6) is 0 Å². The average Bonchev–Trinajstić information content (AvgIpc) is 3.37. The van der Waals surface area contributed by atoms with Crippen molar-refractivity contribution in [1.29, 1.82) is 5.26 Å². The van der Waals surface area contributed by atoms with Gasteiger partial charge in [0.2, 0.25) is 0 Å². The lowest BCUT2D eigenvalue weighted by Crippen LogP contribution is -1.90. The molecule has 41 heavy (non-hydrogen) atoms. The first kappa shape index (κ1) is 47.8. The third-order valence-electron chi connectivity index (χ3n) is 6.45. The van der Waals surface area contributed by atoms with Gasteiger partial charge in [0.05, 0.1) is 16.3 Å². The maximum absolute atomic E-state index is 8.08. The molecular weight excluding hydrogens is 516 g/mol. The molecule has 0 saturated heterocycles. The molecule has 0 spiro atoms. The summed E-state index contributed by atoms with van der Waals surface area (Å²) in [4.78, 5) is 4.70. The van der Waals surface area contributed by atoms with Crippen LogP contribution in [0.4, 0.5) is 0 Å². The van der Waals surface area contributed by atoms with Gasteiger partial charge in [-0.1, -0.05) is 146 Å². The van der Waals surface area contributed by atoms with Gasteiger partial charge in [-0.05, 0) is 61.3 Å². The van der Waals surface area contributed by atoms with Crippen molar-refractivity contribution >= 4 is 21.6 Å². The molecule has 0 amide bonds. The second kappa shape index (κ2) is 26.0. The molecule has 0 radical (unpaired) electrons. The minimum Gasteiger partial charge on any atom is -0.236 e. The standard InChI is InChI=1S/C17H17NS.C10H14.C5H9N.6CH4/c1-3-12(2)13-8-10-14(11-9-13)17-18-15-6-4-5-7-16(15)19-17;1-3-9(2)10-7-5-4-6-8-10;1-3-5(2)4-6;;;;;;/h4-12H,3H2,1-2H3;4-9H,3H2,1-2H3;5H,3H2,1-2H3;6*1H4. The largest absolute Gasteiger partial charge is 0.236 e. The number of rotatable bonds is 6. The Hall–Kier alpha value is -2.96. The van der Waals surface area contributed by atoms with E-state index in [2.05, 4.69) is 107 Å². The maximum Gasteiger partial charge on any atom is 0.124 e. The number of nitriles is 1. The highest BCUT2D eigenvalue weighted by atomic mass is 32.1. The van der Waals surface area contributed by atoms with Crippen LogP contribution in [-0.2, 0) is 0 Å². The fourth-order valence-electron chi connectivity index (χ4n) is 3.29. The molecule has 0 aliphatic rings. The van der Waals surface area contributed by atoms with Gasteiger partial charge in [-0.2, -0.15) is 5.26 Å². The van der Waals surface area contributed by atoms with Crippen LogP contribution in [0.1, 0.15) is 128 Å². The Kier molecular flexibility index (Phi) is 30.3. The summed E-state index contributed by atoms with van der Waals surface area (Å²) in [7, 11) is 0. The first-order chi connectivity index (χ1) is 16.9. The van der Waals surface area contributed by atoms with Crippen molar-refractivity contribution in [3.05, 3.63) is 90.0 Å². The van der Waals surface area contributed by atoms with Gasteiger partial charge < -0.3 is 0 Å². The summed E-state index contributed by atoms with van der Waals surface area (Å²) >= 11 is 1.76. The van der Waals surface area contributed by atoms with E-state index in [-0.39, 0.29) is 50.5 Å². The van der Waals surface area contributed by atoms with Crippen LogP contribution in [0.3, 0.4) is 0 Å². The van der Waals surface area contributed by atoms with E-state index in [0.29, 0.717) is 11.8 Å². The summed E-state index contributed by atoms with van der Waals surface area (Å²) < 4.78 is 1.25. The van der Waals surface area contributed by atoms with Gasteiger partial charge >= 0.3 is 0 Å². The lowest BCUT2D eigenvalue weighted by atomic mass is 9.98. The molecule has 0 aliphatic heterocycles. The van der Waals surface area contributed by atoms with E-state index in [1.165, 1.54) is 34.2 Å². The number of hydrogen-bond donors (Lipinski definition) is 0. The molecule has 2 nitrogen and oxygen atoms in total. The summed E-state index contributed by atoms with van der Waals surface area (Å²) in [6, 6.07) is 29.9. The highest BCUT2D eigenvalue weighted by Gasteiger charge is 2.07. The highest BCUT2D eigenvalue weighted by Crippen LogP contribution is 2.31. The van der Waals surface area contributed by atoms with Crippen LogP contribution in [0, 0.1) is 17.2 Å². The molecule has 0 saturated carbocycles. The first-order valence-corrected chi connectivity index (χ1v) is 13.6. The van der Waals surface area contributed by atoms with Crippen molar-refractivity contribution in [2.24, 2.45) is 5.92 Å². The molecule has 1 aromatic heterocycles. The van der Waals surface area contributed by atoms with Crippen LogP contribution in [0.2, 0.25) is 0 Å². The SMILES string of the molecule is C.C.C.C.C.C.CCC(C)C#N.CCC(C)c1ccc(-c2nc3ccccc3s2)cc1.CCC(C)c1ccccc1. The highest BCUT2D eigenvalue weighted by molar-refractivity contribution is 7.21. The van der Waals surface area contributed by atoms with Crippen molar-refractivity contribution < 1.29 is 0 Å². The van der Waals surface area contributed by atoms with Gasteiger partial charge in [-0.25, -0.2) is 4.98 Å². The van der Waals surface area contributed by atoms with E-state index in [1.807, 2.05) is 19.9 Å². The van der Waals surface area contributed by atoms with Crippen LogP contribution in [0.25, 0.3) is 20.8 Å². The summed E-state index contributed by atoms with van der Waals surface area (Å²) in [6.45, 7) is 12.9. The monoisotopic (exact) mass is 580 g/mol. The molecule has 0 N–H and O–H groups in total. The number of para-hydroxylation sites is 1. The summed E-state index contributed by atoms with van der Waals surface area (Å²) in [6.07, 6.45) is 3.38. The number of benzene rings is 3. The Morgan fingerprint density at radius 1 is 0.634 bits per heavy atom. The Morgan fingerprint density at radius 3 is 1.51 bits per heavy atom. The fraction of sp³-hybridized carbons (Fsp3) is 0.474. The van der Waals surface area contributed by atoms with Crippen LogP contribution in [-0.4, -0.2) is 4.98 Å². The molecule has 0 bridgehead atoms. The smallest absolute Gasteiger partial charge is 0.124 e. The second-order valence-electron chi connectivity index (χ2n) is 9.08. The number of thiazole rings is 1. The van der Waals surface area contributed by atoms with Crippen molar-refractivity contribution in [3.63, 3.8) is 0 Å². The molecule has 4 aromatic rings. The van der Waals surface area contributed by atoms with Crippen LogP contribution >= 0.6 is 11.3 Å². The molecule has 0 fully saturated rings. The minimum absolute atomic E-state index is 0. The van der Waals surface area contributed by atoms with Gasteiger partial charge in [0.15, 0.2) is 0 Å². The molecule has 0 aliphatic carbocycles. The van der Waals surface area contributed by atoms with Gasteiger partial charge in [0.25, 0.3) is 0 Å². The van der Waals surface area contributed by atoms with E-state index in [0.717, 1.165) is 16.9 Å². The third-order valence-corrected chi connectivity index (χ3v) is 7.53. The lowest BCUT2D eigenvalue weighted by molar-refractivity contribution is 0.713. The molecule has 3 unspecified atom stereocenters. The van der Waals surface area contributed by atoms with Gasteiger partial charge in [0.1, 0.15) is 5.01 Å². The average molecular weight is 581 g/mol. The molecule has 3 atom stereocenters. The third kappa shape index (κ3) is 15.6. The van der Waals surface area contributed by atoms with Gasteiger partial charge in [0, 0.05) is 11.5 Å². The Morgan fingerprint density at radius 2 is 1.10 bits per heavy atom. The van der Waals surface area contributed by atoms with Crippen LogP contribution in [0.15, 0.2) is 78.9 Å². The van der Waals surface area contributed by atoms with Gasteiger partial charge in [-0.15, -0.1) is 11.3 Å². The lowest BCUT2D eigenvalue weighted by Gasteiger charge is -2.08. The number of nitrogens with zero attached hydrogens (tertiary/aromatic N) is 2. The Labute approximate surface area is 260 Å². The molecule has 4 rings (SSSR count). The summed E-state index contributed by atoms with van der Waals surface area (Å²) in [5, 5.41) is 9.19. The van der Waals surface area contributed by atoms with Crippen molar-refractivity contribution in [3.8, 4) is 16.6 Å². The Balaban J connectivity index is -0.000000170. The van der Waals surface area contributed by atoms with Crippen LogP contribution < -0.4 is 0 Å². The van der Waals surface area contributed by atoms with E-state index >= 15 is 0 Å². The van der Waals surface area contributed by atoms with E-state index in [4.69, 9.17) is 10.2 Å². The van der Waals surface area contributed by atoms with Crippen molar-refractivity contribution in [2.75, 3.05) is 0 Å². The van der Waals surface area contributed by atoms with Gasteiger partial charge in [-0.3, -0.25) is 0 Å². The second-order valence-corrected chi connectivity index (χ2v) is 10.1. The number of fused-ring (bicyclic) bond motifs is 1. The van der Waals surface area contributed by atoms with E-state index in [1.54, 1.807) is 11.3 Å². The molecule has 232 valence electrons. The fourth-order valence-corrected chi connectivity index (χ4v) is 4.27. The molecule has 3 aromatic carbocycles. The minimum atomic E-state index is 0. The summed E-state index contributed by atoms with van der Waals surface area (Å²) in [5.74, 6) is 1.58. The van der Waals surface area contributed by atoms with Crippen molar-refractivity contribution in [2.45, 2.75) is 117 Å². The molecule has 1 heterocycles. The zero-order valence-electron chi connectivity index (χ0n) is 22.2. The number of aromatic nitrogens is 1. The first-order valence-electron chi connectivity index (χ1n) is 12.8. The van der Waals surface area contributed by atoms with E-state index in [9.17, 15) is 0 Å². The quantitative estimate of drug-likeness (QED) is 0.227. The predicted molar refractivity (Wildman–Crippen MR) is 194 cm³/mol. The topological polar surface area (TPSA) is 36.7 Å². The summed E-state index contributed by atoms with van der Waals surface area (Å²) in [5.41, 5.74) is 5.17. The normalized spacial score (nSPS) is 11.0. The zero-order valence-corrected chi connectivity index (χ0v) is 23.0. The van der Waals surface area contributed by atoms with Crippen molar-refractivity contribution in [1.82, 2.24) is 4.98 Å². The molecule has 3 heteroatoms. The maximum atomic E-state index is 8.08. The number of hydrogen-bond acceptors (Lipinski definition) is 3.